The number of thiophene rings is 1. The molecular formula is C13H13FN2S2. The first-order chi connectivity index (χ1) is 8.56. The summed E-state index contributed by atoms with van der Waals surface area (Å²) in [4.78, 5) is 2.67. The lowest BCUT2D eigenvalue weighted by Gasteiger charge is -2.10. The van der Waals surface area contributed by atoms with Gasteiger partial charge in [-0.2, -0.15) is 0 Å². The molecule has 0 unspecified atom stereocenters. The van der Waals surface area contributed by atoms with Crippen molar-refractivity contribution in [3.63, 3.8) is 0 Å². The number of aryl methyl sites for hydroxylation is 1. The Kier molecular flexibility index (Phi) is 3.93. The van der Waals surface area contributed by atoms with E-state index in [1.54, 1.807) is 17.4 Å². The van der Waals surface area contributed by atoms with Crippen molar-refractivity contribution < 1.29 is 4.39 Å². The van der Waals surface area contributed by atoms with Gasteiger partial charge in [0.05, 0.1) is 0 Å². The zero-order chi connectivity index (χ0) is 13.1. The Balaban J connectivity index is 2.16. The first-order valence-corrected chi connectivity index (χ1v) is 6.67. The second-order valence-corrected chi connectivity index (χ2v) is 5.73. The monoisotopic (exact) mass is 280 g/mol. The summed E-state index contributed by atoms with van der Waals surface area (Å²) in [6.07, 6.45) is 0. The van der Waals surface area contributed by atoms with Gasteiger partial charge in [-0.15, -0.1) is 11.3 Å². The third-order valence-electron chi connectivity index (χ3n) is 2.50. The minimum atomic E-state index is -0.338. The van der Waals surface area contributed by atoms with Gasteiger partial charge >= 0.3 is 0 Å². The van der Waals surface area contributed by atoms with Gasteiger partial charge in [-0.25, -0.2) is 4.39 Å². The highest BCUT2D eigenvalue weighted by Crippen LogP contribution is 2.20. The molecule has 0 spiro atoms. The Morgan fingerprint density at radius 2 is 2.17 bits per heavy atom. The molecular weight excluding hydrogens is 267 g/mol. The van der Waals surface area contributed by atoms with Crippen LogP contribution >= 0.6 is 23.6 Å². The predicted octanol–water partition coefficient (Wildman–Crippen LogP) is 3.44. The van der Waals surface area contributed by atoms with Crippen molar-refractivity contribution in [1.82, 2.24) is 0 Å². The number of rotatable bonds is 4. The highest BCUT2D eigenvalue weighted by atomic mass is 32.1. The van der Waals surface area contributed by atoms with Gasteiger partial charge in [0.25, 0.3) is 0 Å². The van der Waals surface area contributed by atoms with Crippen LogP contribution in [-0.4, -0.2) is 4.99 Å². The third-order valence-corrected chi connectivity index (χ3v) is 3.72. The number of halogens is 1. The van der Waals surface area contributed by atoms with Gasteiger partial charge in [-0.1, -0.05) is 12.2 Å². The van der Waals surface area contributed by atoms with Crippen LogP contribution in [0.3, 0.4) is 0 Å². The molecule has 1 aromatic heterocycles. The van der Waals surface area contributed by atoms with Gasteiger partial charge in [-0.05, 0) is 37.3 Å². The van der Waals surface area contributed by atoms with E-state index in [-0.39, 0.29) is 10.8 Å². The Bertz CT molecular complexity index is 578. The Morgan fingerprint density at radius 3 is 2.78 bits per heavy atom. The molecule has 5 heteroatoms. The smallest absolute Gasteiger partial charge is 0.124 e. The number of nitrogens with one attached hydrogen (secondary N) is 1. The zero-order valence-electron chi connectivity index (χ0n) is 9.87. The summed E-state index contributed by atoms with van der Waals surface area (Å²) < 4.78 is 13.1. The van der Waals surface area contributed by atoms with Crippen LogP contribution < -0.4 is 11.1 Å². The number of nitrogens with two attached hydrogens (primary N) is 1. The van der Waals surface area contributed by atoms with E-state index in [9.17, 15) is 4.39 Å². The van der Waals surface area contributed by atoms with Gasteiger partial charge in [0.2, 0.25) is 0 Å². The zero-order valence-corrected chi connectivity index (χ0v) is 11.5. The van der Waals surface area contributed by atoms with Crippen molar-refractivity contribution in [3.8, 4) is 0 Å². The molecule has 0 aliphatic carbocycles. The van der Waals surface area contributed by atoms with E-state index in [0.29, 0.717) is 12.1 Å². The summed E-state index contributed by atoms with van der Waals surface area (Å²) in [5, 5.41) is 3.23. The van der Waals surface area contributed by atoms with Crippen molar-refractivity contribution in [1.29, 1.82) is 0 Å². The topological polar surface area (TPSA) is 38.0 Å². The SMILES string of the molecule is Cc1ccc(CNc2ccc(F)cc2C(N)=S)s1. The predicted molar refractivity (Wildman–Crippen MR) is 78.7 cm³/mol. The largest absolute Gasteiger partial charge is 0.389 e. The lowest BCUT2D eigenvalue weighted by molar-refractivity contribution is 0.627. The minimum Gasteiger partial charge on any atom is -0.389 e. The summed E-state index contributed by atoms with van der Waals surface area (Å²) in [5.41, 5.74) is 6.88. The van der Waals surface area contributed by atoms with Crippen molar-refractivity contribution in [2.24, 2.45) is 5.73 Å². The maximum Gasteiger partial charge on any atom is 0.124 e. The molecule has 1 aromatic carbocycles. The van der Waals surface area contributed by atoms with Crippen molar-refractivity contribution in [2.75, 3.05) is 5.32 Å². The Morgan fingerprint density at radius 1 is 1.39 bits per heavy atom. The Labute approximate surface area is 115 Å². The number of anilines is 1. The molecule has 0 fully saturated rings. The third kappa shape index (κ3) is 3.05. The number of thiocarbonyl (C=S) groups is 1. The van der Waals surface area contributed by atoms with Crippen molar-refractivity contribution in [2.45, 2.75) is 13.5 Å². The fourth-order valence-corrected chi connectivity index (χ4v) is 2.64. The van der Waals surface area contributed by atoms with Crippen LogP contribution in [0.4, 0.5) is 10.1 Å². The molecule has 2 nitrogen and oxygen atoms in total. The molecule has 2 aromatic rings. The second kappa shape index (κ2) is 5.46. The van der Waals surface area contributed by atoms with Crippen LogP contribution in [-0.2, 0) is 6.54 Å². The van der Waals surface area contributed by atoms with Crippen LogP contribution in [0, 0.1) is 12.7 Å². The molecule has 0 bridgehead atoms. The number of benzene rings is 1. The summed E-state index contributed by atoms with van der Waals surface area (Å²) in [6.45, 7) is 2.74. The van der Waals surface area contributed by atoms with Crippen LogP contribution in [0.5, 0.6) is 0 Å². The number of hydrogen-bond donors (Lipinski definition) is 2. The molecule has 0 saturated carbocycles. The molecule has 0 aliphatic rings. The van der Waals surface area contributed by atoms with E-state index in [1.807, 2.05) is 0 Å². The minimum absolute atomic E-state index is 0.194. The highest BCUT2D eigenvalue weighted by Gasteiger charge is 2.07. The first-order valence-electron chi connectivity index (χ1n) is 5.45. The van der Waals surface area contributed by atoms with Crippen LogP contribution in [0.25, 0.3) is 0 Å². The lowest BCUT2D eigenvalue weighted by Crippen LogP contribution is -2.13. The molecule has 18 heavy (non-hydrogen) atoms. The standard InChI is InChI=1S/C13H13FN2S2/c1-8-2-4-10(18-8)7-16-12-5-3-9(14)6-11(12)13(15)17/h2-6,16H,7H2,1H3,(H2,15,17). The average Bonchev–Trinajstić information content (AvgIpc) is 2.73. The maximum atomic E-state index is 13.1. The van der Waals surface area contributed by atoms with Crippen LogP contribution in [0.15, 0.2) is 30.3 Å². The van der Waals surface area contributed by atoms with Crippen LogP contribution in [0.2, 0.25) is 0 Å². The average molecular weight is 280 g/mol. The molecule has 0 aliphatic heterocycles. The second-order valence-electron chi connectivity index (χ2n) is 3.92. The Hall–Kier alpha value is -1.46. The van der Waals surface area contributed by atoms with Gasteiger partial charge < -0.3 is 11.1 Å². The van der Waals surface area contributed by atoms with E-state index in [4.69, 9.17) is 18.0 Å². The lowest BCUT2D eigenvalue weighted by atomic mass is 10.1. The van der Waals surface area contributed by atoms with E-state index < -0.39 is 0 Å². The van der Waals surface area contributed by atoms with Crippen molar-refractivity contribution in [3.05, 3.63) is 51.5 Å². The molecule has 2 rings (SSSR count). The van der Waals surface area contributed by atoms with Gasteiger partial charge in [0.1, 0.15) is 10.8 Å². The first kappa shape index (κ1) is 13.0. The summed E-state index contributed by atoms with van der Waals surface area (Å²) in [6, 6.07) is 8.54. The van der Waals surface area contributed by atoms with E-state index in [2.05, 4.69) is 24.4 Å². The number of hydrogen-bond acceptors (Lipinski definition) is 3. The maximum absolute atomic E-state index is 13.1. The van der Waals surface area contributed by atoms with E-state index >= 15 is 0 Å². The molecule has 1 heterocycles. The highest BCUT2D eigenvalue weighted by molar-refractivity contribution is 7.80. The van der Waals surface area contributed by atoms with Gasteiger partial charge in [0, 0.05) is 27.5 Å². The quantitative estimate of drug-likeness (QED) is 0.843. The molecule has 94 valence electrons. The molecule has 0 radical (unpaired) electrons. The van der Waals surface area contributed by atoms with Crippen LogP contribution in [0.1, 0.15) is 15.3 Å². The van der Waals surface area contributed by atoms with E-state index in [0.717, 1.165) is 5.69 Å². The molecule has 3 N–H and O–H groups in total. The normalized spacial score (nSPS) is 10.3. The van der Waals surface area contributed by atoms with Gasteiger partial charge in [0.15, 0.2) is 0 Å². The fraction of sp³-hybridized carbons (Fsp3) is 0.154. The molecule has 0 atom stereocenters. The fourth-order valence-electron chi connectivity index (χ4n) is 1.64. The molecule has 0 amide bonds. The van der Waals surface area contributed by atoms with Crippen molar-refractivity contribution >= 4 is 34.2 Å². The molecule has 0 saturated heterocycles. The van der Waals surface area contributed by atoms with Gasteiger partial charge in [-0.3, -0.25) is 0 Å². The van der Waals surface area contributed by atoms with E-state index in [1.165, 1.54) is 21.9 Å². The summed E-state index contributed by atoms with van der Waals surface area (Å²) >= 11 is 6.64. The summed E-state index contributed by atoms with van der Waals surface area (Å²) in [7, 11) is 0. The summed E-state index contributed by atoms with van der Waals surface area (Å²) in [5.74, 6) is -0.338.